The molecule has 1 heterocycles. The third-order valence-electron chi connectivity index (χ3n) is 0.346. The van der Waals surface area contributed by atoms with E-state index in [2.05, 4.69) is 0 Å². The topological polar surface area (TPSA) is 9.23 Å². The van der Waals surface area contributed by atoms with Gasteiger partial charge in [-0.2, -0.15) is 0 Å². The molecule has 0 aromatic heterocycles. The van der Waals surface area contributed by atoms with Crippen molar-refractivity contribution in [2.24, 2.45) is 0 Å². The number of ether oxygens (including phenoxy) is 1. The van der Waals surface area contributed by atoms with Gasteiger partial charge in [-0.15, -0.1) is 0 Å². The molecule has 0 amide bonds. The standard InChI is InChI=1S/C2H4OS2/c1-3-2-5-4-1/h1-2H2. The number of rotatable bonds is 0. The Kier molecular flexibility index (Phi) is 1.50. The molecule has 0 radical (unpaired) electrons. The van der Waals surface area contributed by atoms with Crippen LogP contribution in [0.25, 0.3) is 0 Å². The molecule has 1 aliphatic rings. The molecule has 3 heteroatoms. The summed E-state index contributed by atoms with van der Waals surface area (Å²) in [4.78, 5) is 0. The molecule has 0 aromatic carbocycles. The van der Waals surface area contributed by atoms with Gasteiger partial charge in [-0.3, -0.25) is 0 Å². The smallest absolute Gasteiger partial charge is 0.103 e. The molecule has 1 rings (SSSR count). The molecular formula is C2H4OS2. The van der Waals surface area contributed by atoms with E-state index in [9.17, 15) is 0 Å². The Bertz CT molecular complexity index is 19.2. The van der Waals surface area contributed by atoms with Crippen LogP contribution in [0.3, 0.4) is 0 Å². The van der Waals surface area contributed by atoms with Crippen molar-refractivity contribution in [3.63, 3.8) is 0 Å². The molecule has 30 valence electrons. The van der Waals surface area contributed by atoms with Crippen molar-refractivity contribution in [2.75, 3.05) is 11.9 Å². The Labute approximate surface area is 38.9 Å². The first kappa shape index (κ1) is 3.84. The third-order valence-corrected chi connectivity index (χ3v) is 2.12. The molecule has 0 spiro atoms. The van der Waals surface area contributed by atoms with Crippen LogP contribution < -0.4 is 0 Å². The average Bonchev–Trinajstić information content (AvgIpc) is 1.76. The van der Waals surface area contributed by atoms with Crippen molar-refractivity contribution in [1.82, 2.24) is 0 Å². The SMILES string of the molecule is C1OCSS1. The highest BCUT2D eigenvalue weighted by atomic mass is 33.1. The second-order valence-electron chi connectivity index (χ2n) is 0.676. The summed E-state index contributed by atoms with van der Waals surface area (Å²) in [6, 6.07) is 0. The van der Waals surface area contributed by atoms with Gasteiger partial charge in [0.1, 0.15) is 11.9 Å². The zero-order chi connectivity index (χ0) is 3.54. The minimum Gasteiger partial charge on any atom is -0.359 e. The van der Waals surface area contributed by atoms with E-state index < -0.39 is 0 Å². The van der Waals surface area contributed by atoms with Crippen LogP contribution in [-0.2, 0) is 4.74 Å². The van der Waals surface area contributed by atoms with Crippen molar-refractivity contribution in [2.45, 2.75) is 0 Å². The van der Waals surface area contributed by atoms with Gasteiger partial charge in [0.2, 0.25) is 0 Å². The van der Waals surface area contributed by atoms with Gasteiger partial charge >= 0.3 is 0 Å². The zero-order valence-electron chi connectivity index (χ0n) is 2.64. The fraction of sp³-hybridized carbons (Fsp3) is 1.00. The van der Waals surface area contributed by atoms with Gasteiger partial charge in [0.25, 0.3) is 0 Å². The summed E-state index contributed by atoms with van der Waals surface area (Å²) in [5, 5.41) is 0. The van der Waals surface area contributed by atoms with E-state index in [4.69, 9.17) is 4.74 Å². The molecular weight excluding hydrogens is 104 g/mol. The Morgan fingerprint density at radius 2 is 1.80 bits per heavy atom. The summed E-state index contributed by atoms with van der Waals surface area (Å²) < 4.78 is 4.87. The predicted octanol–water partition coefficient (Wildman–Crippen LogP) is 1.31. The summed E-state index contributed by atoms with van der Waals surface area (Å²) >= 11 is 0. The van der Waals surface area contributed by atoms with E-state index in [0.29, 0.717) is 0 Å². The maximum atomic E-state index is 4.87. The third kappa shape index (κ3) is 1.03. The Hall–Kier alpha value is 0.660. The summed E-state index contributed by atoms with van der Waals surface area (Å²) in [6.45, 7) is 0. The van der Waals surface area contributed by atoms with E-state index >= 15 is 0 Å². The van der Waals surface area contributed by atoms with Crippen LogP contribution >= 0.6 is 21.6 Å². The minimum absolute atomic E-state index is 0.880. The quantitative estimate of drug-likeness (QED) is 0.433. The summed E-state index contributed by atoms with van der Waals surface area (Å²) in [7, 11) is 3.54. The molecule has 0 unspecified atom stereocenters. The van der Waals surface area contributed by atoms with Crippen LogP contribution in [0.2, 0.25) is 0 Å². The van der Waals surface area contributed by atoms with E-state index in [1.165, 1.54) is 0 Å². The van der Waals surface area contributed by atoms with E-state index in [0.717, 1.165) is 11.9 Å². The monoisotopic (exact) mass is 108 g/mol. The molecule has 1 nitrogen and oxygen atoms in total. The molecule has 0 aliphatic carbocycles. The van der Waals surface area contributed by atoms with Crippen LogP contribution in [0.15, 0.2) is 0 Å². The van der Waals surface area contributed by atoms with Crippen LogP contribution in [-0.4, -0.2) is 11.9 Å². The second-order valence-corrected chi connectivity index (χ2v) is 3.03. The minimum atomic E-state index is 0.880. The molecule has 0 N–H and O–H groups in total. The van der Waals surface area contributed by atoms with Crippen molar-refractivity contribution in [3.8, 4) is 0 Å². The summed E-state index contributed by atoms with van der Waals surface area (Å²) in [5.41, 5.74) is 0. The lowest BCUT2D eigenvalue weighted by molar-refractivity contribution is 0.247. The van der Waals surface area contributed by atoms with E-state index in [-0.39, 0.29) is 0 Å². The van der Waals surface area contributed by atoms with Gasteiger partial charge in [0.05, 0.1) is 0 Å². The van der Waals surface area contributed by atoms with E-state index in [1.54, 1.807) is 21.6 Å². The molecule has 0 aromatic rings. The lowest BCUT2D eigenvalue weighted by Gasteiger charge is -1.73. The van der Waals surface area contributed by atoms with Crippen LogP contribution in [0, 0.1) is 0 Å². The highest BCUT2D eigenvalue weighted by Crippen LogP contribution is 2.27. The highest BCUT2D eigenvalue weighted by Gasteiger charge is 1.95. The van der Waals surface area contributed by atoms with Gasteiger partial charge in [0.15, 0.2) is 0 Å². The first-order valence-electron chi connectivity index (χ1n) is 1.32. The van der Waals surface area contributed by atoms with Gasteiger partial charge in [-0.25, -0.2) is 0 Å². The first-order valence-corrected chi connectivity index (χ1v) is 3.81. The van der Waals surface area contributed by atoms with Gasteiger partial charge in [0, 0.05) is 0 Å². The first-order chi connectivity index (χ1) is 2.50. The van der Waals surface area contributed by atoms with Gasteiger partial charge in [-0.1, -0.05) is 21.6 Å². The van der Waals surface area contributed by atoms with Crippen molar-refractivity contribution >= 4 is 21.6 Å². The largest absolute Gasteiger partial charge is 0.359 e. The van der Waals surface area contributed by atoms with E-state index in [1.807, 2.05) is 0 Å². The van der Waals surface area contributed by atoms with Crippen LogP contribution in [0.5, 0.6) is 0 Å². The molecule has 1 aliphatic heterocycles. The maximum Gasteiger partial charge on any atom is 0.103 e. The normalized spacial score (nSPS) is 24.0. The Morgan fingerprint density at radius 3 is 2.00 bits per heavy atom. The molecule has 0 atom stereocenters. The second kappa shape index (κ2) is 1.95. The maximum absolute atomic E-state index is 4.87. The van der Waals surface area contributed by atoms with Crippen molar-refractivity contribution < 1.29 is 4.74 Å². The zero-order valence-corrected chi connectivity index (χ0v) is 4.27. The number of hydrogen-bond acceptors (Lipinski definition) is 3. The highest BCUT2D eigenvalue weighted by molar-refractivity contribution is 8.77. The fourth-order valence-electron chi connectivity index (χ4n) is 0.170. The molecule has 0 bridgehead atoms. The Balaban J connectivity index is 2.08. The molecule has 1 saturated heterocycles. The van der Waals surface area contributed by atoms with Gasteiger partial charge in [-0.05, 0) is 0 Å². The fourth-order valence-corrected chi connectivity index (χ4v) is 1.53. The predicted molar refractivity (Wildman–Crippen MR) is 26.0 cm³/mol. The van der Waals surface area contributed by atoms with Crippen LogP contribution in [0.4, 0.5) is 0 Å². The van der Waals surface area contributed by atoms with Crippen molar-refractivity contribution in [1.29, 1.82) is 0 Å². The van der Waals surface area contributed by atoms with Gasteiger partial charge < -0.3 is 4.74 Å². The summed E-state index contributed by atoms with van der Waals surface area (Å²) in [5.74, 6) is 1.76. The van der Waals surface area contributed by atoms with Crippen LogP contribution in [0.1, 0.15) is 0 Å². The molecule has 1 fully saturated rings. The van der Waals surface area contributed by atoms with Crippen molar-refractivity contribution in [3.05, 3.63) is 0 Å². The lowest BCUT2D eigenvalue weighted by Crippen LogP contribution is -1.71. The molecule has 0 saturated carbocycles. The lowest BCUT2D eigenvalue weighted by atomic mass is 11.5. The average molecular weight is 108 g/mol. The molecule has 5 heavy (non-hydrogen) atoms. The summed E-state index contributed by atoms with van der Waals surface area (Å²) in [6.07, 6.45) is 0. The Morgan fingerprint density at radius 1 is 1.20 bits per heavy atom. The number of hydrogen-bond donors (Lipinski definition) is 0.